The van der Waals surface area contributed by atoms with Gasteiger partial charge in [-0.15, -0.1) is 11.6 Å². The quantitative estimate of drug-likeness (QED) is 0.529. The smallest absolute Gasteiger partial charge is 0.155 e. The molecule has 0 aliphatic rings. The molecule has 0 heterocycles. The first kappa shape index (κ1) is 12.2. The Morgan fingerprint density at radius 2 is 1.67 bits per heavy atom. The van der Waals surface area contributed by atoms with E-state index in [4.69, 9.17) is 11.6 Å². The summed E-state index contributed by atoms with van der Waals surface area (Å²) in [4.78, 5) is 0. The van der Waals surface area contributed by atoms with E-state index >= 15 is 0 Å². The van der Waals surface area contributed by atoms with Gasteiger partial charge in [-0.05, 0) is 33.6 Å². The summed E-state index contributed by atoms with van der Waals surface area (Å²) in [7, 11) is -2.93. The Balaban J connectivity index is 4.08. The van der Waals surface area contributed by atoms with Crippen molar-refractivity contribution in [3.05, 3.63) is 0 Å². The maximum Gasteiger partial charge on any atom is 0.155 e. The molecule has 0 saturated heterocycles. The summed E-state index contributed by atoms with van der Waals surface area (Å²) in [6.45, 7) is 5.18. The fraction of sp³-hybridized carbons (Fsp3) is 1.00. The summed E-state index contributed by atoms with van der Waals surface area (Å²) < 4.78 is 22.3. The number of hydrogen-bond acceptors (Lipinski definition) is 2. The minimum Gasteiger partial charge on any atom is -0.228 e. The van der Waals surface area contributed by atoms with Gasteiger partial charge in [0.2, 0.25) is 0 Å². The van der Waals surface area contributed by atoms with E-state index in [1.165, 1.54) is 0 Å². The lowest BCUT2D eigenvalue weighted by atomic mass is 10.3. The van der Waals surface area contributed by atoms with E-state index in [2.05, 4.69) is 0 Å². The maximum atomic E-state index is 11.5. The largest absolute Gasteiger partial charge is 0.228 e. The van der Waals surface area contributed by atoms with Crippen LogP contribution in [0.1, 0.15) is 33.6 Å². The Bertz CT molecular complexity index is 214. The van der Waals surface area contributed by atoms with Crippen LogP contribution in [0.3, 0.4) is 0 Å². The minimum atomic E-state index is -2.93. The number of sulfone groups is 1. The molecule has 0 atom stereocenters. The molecule has 0 bridgehead atoms. The Morgan fingerprint density at radius 1 is 1.17 bits per heavy atom. The van der Waals surface area contributed by atoms with E-state index in [0.29, 0.717) is 12.3 Å². The second-order valence-corrected chi connectivity index (χ2v) is 7.07. The fourth-order valence-electron chi connectivity index (χ4n) is 0.693. The zero-order valence-corrected chi connectivity index (χ0v) is 9.50. The first-order valence-electron chi connectivity index (χ1n) is 4.09. The Labute approximate surface area is 80.2 Å². The Kier molecular flexibility index (Phi) is 4.56. The van der Waals surface area contributed by atoms with E-state index in [0.717, 1.165) is 6.42 Å². The van der Waals surface area contributed by atoms with Crippen molar-refractivity contribution in [3.8, 4) is 0 Å². The standard InChI is InChI=1S/C8H17ClO2S/c1-8(2,3)12(10,11)7-5-4-6-9/h4-7H2,1-3H3. The number of rotatable bonds is 4. The molecule has 2 nitrogen and oxygen atoms in total. The van der Waals surface area contributed by atoms with Gasteiger partial charge in [-0.2, -0.15) is 0 Å². The molecule has 74 valence electrons. The van der Waals surface area contributed by atoms with Crippen LogP contribution in [-0.2, 0) is 9.84 Å². The molecule has 0 aromatic rings. The van der Waals surface area contributed by atoms with E-state index in [1.807, 2.05) is 0 Å². The molecule has 0 aromatic heterocycles. The third-order valence-electron chi connectivity index (χ3n) is 1.73. The molecule has 0 spiro atoms. The van der Waals surface area contributed by atoms with Crippen molar-refractivity contribution in [1.29, 1.82) is 0 Å². The fourth-order valence-corrected chi connectivity index (χ4v) is 2.08. The number of unbranched alkanes of at least 4 members (excludes halogenated alkanes) is 1. The molecule has 4 heteroatoms. The third kappa shape index (κ3) is 3.76. The van der Waals surface area contributed by atoms with Crippen LogP contribution in [0.25, 0.3) is 0 Å². The van der Waals surface area contributed by atoms with Crippen LogP contribution in [0, 0.1) is 0 Å². The topological polar surface area (TPSA) is 34.1 Å². The second-order valence-electron chi connectivity index (χ2n) is 3.83. The lowest BCUT2D eigenvalue weighted by molar-refractivity contribution is 0.557. The van der Waals surface area contributed by atoms with Gasteiger partial charge in [0.25, 0.3) is 0 Å². The van der Waals surface area contributed by atoms with Gasteiger partial charge in [-0.1, -0.05) is 0 Å². The summed E-state index contributed by atoms with van der Waals surface area (Å²) in [5.74, 6) is 0.795. The summed E-state index contributed by atoms with van der Waals surface area (Å²) in [6, 6.07) is 0. The van der Waals surface area contributed by atoms with Gasteiger partial charge in [0.1, 0.15) is 0 Å². The van der Waals surface area contributed by atoms with Gasteiger partial charge in [-0.25, -0.2) is 8.42 Å². The Hall–Kier alpha value is 0.240. The van der Waals surface area contributed by atoms with E-state index in [9.17, 15) is 8.42 Å². The van der Waals surface area contributed by atoms with Crippen LogP contribution in [0.4, 0.5) is 0 Å². The molecule has 0 unspecified atom stereocenters. The van der Waals surface area contributed by atoms with Gasteiger partial charge >= 0.3 is 0 Å². The third-order valence-corrected chi connectivity index (χ3v) is 4.69. The molecule has 0 aliphatic carbocycles. The predicted molar refractivity (Wildman–Crippen MR) is 53.5 cm³/mol. The van der Waals surface area contributed by atoms with Crippen LogP contribution in [0.5, 0.6) is 0 Å². The van der Waals surface area contributed by atoms with Gasteiger partial charge < -0.3 is 0 Å². The molecule has 0 N–H and O–H groups in total. The Morgan fingerprint density at radius 3 is 2.00 bits per heavy atom. The molecule has 12 heavy (non-hydrogen) atoms. The average molecular weight is 213 g/mol. The van der Waals surface area contributed by atoms with Crippen LogP contribution in [-0.4, -0.2) is 24.8 Å². The number of hydrogen-bond donors (Lipinski definition) is 0. The highest BCUT2D eigenvalue weighted by Gasteiger charge is 2.27. The zero-order chi connectivity index (χ0) is 9.83. The minimum absolute atomic E-state index is 0.253. The molecular formula is C8H17ClO2S. The predicted octanol–water partition coefficient (Wildman–Crippen LogP) is 2.22. The summed E-state index contributed by atoms with van der Waals surface area (Å²) in [5, 5.41) is 0. The highest BCUT2D eigenvalue weighted by Crippen LogP contribution is 2.17. The summed E-state index contributed by atoms with van der Waals surface area (Å²) in [6.07, 6.45) is 1.44. The van der Waals surface area contributed by atoms with Gasteiger partial charge in [0.05, 0.1) is 10.5 Å². The highest BCUT2D eigenvalue weighted by molar-refractivity contribution is 7.92. The lowest BCUT2D eigenvalue weighted by Crippen LogP contribution is -2.30. The number of alkyl halides is 1. The van der Waals surface area contributed by atoms with E-state index < -0.39 is 14.6 Å². The maximum absolute atomic E-state index is 11.5. The first-order chi connectivity index (χ1) is 5.31. The van der Waals surface area contributed by atoms with Crippen molar-refractivity contribution in [2.45, 2.75) is 38.4 Å². The summed E-state index contributed by atoms with van der Waals surface area (Å²) >= 11 is 5.45. The molecule has 0 rings (SSSR count). The molecule has 0 aromatic carbocycles. The van der Waals surface area contributed by atoms with Crippen LogP contribution >= 0.6 is 11.6 Å². The molecule has 0 amide bonds. The first-order valence-corrected chi connectivity index (χ1v) is 6.28. The molecule has 0 aliphatic heterocycles. The monoisotopic (exact) mass is 212 g/mol. The SMILES string of the molecule is CC(C)(C)S(=O)(=O)CCCCCl. The zero-order valence-electron chi connectivity index (χ0n) is 7.93. The van der Waals surface area contributed by atoms with Gasteiger partial charge in [-0.3, -0.25) is 0 Å². The van der Waals surface area contributed by atoms with Crippen molar-refractivity contribution in [3.63, 3.8) is 0 Å². The molecular weight excluding hydrogens is 196 g/mol. The number of halogens is 1. The van der Waals surface area contributed by atoms with E-state index in [-0.39, 0.29) is 5.75 Å². The molecule has 0 radical (unpaired) electrons. The average Bonchev–Trinajstić information content (AvgIpc) is 1.85. The van der Waals surface area contributed by atoms with Crippen LogP contribution < -0.4 is 0 Å². The molecule has 0 fully saturated rings. The van der Waals surface area contributed by atoms with Crippen molar-refractivity contribution in [1.82, 2.24) is 0 Å². The van der Waals surface area contributed by atoms with Crippen LogP contribution in [0.15, 0.2) is 0 Å². The van der Waals surface area contributed by atoms with Crippen molar-refractivity contribution < 1.29 is 8.42 Å². The van der Waals surface area contributed by atoms with E-state index in [1.54, 1.807) is 20.8 Å². The van der Waals surface area contributed by atoms with Crippen molar-refractivity contribution in [2.24, 2.45) is 0 Å². The van der Waals surface area contributed by atoms with Crippen molar-refractivity contribution >= 4 is 21.4 Å². The van der Waals surface area contributed by atoms with Crippen LogP contribution in [0.2, 0.25) is 0 Å². The normalized spacial score (nSPS) is 13.3. The second kappa shape index (κ2) is 4.47. The molecule has 0 saturated carbocycles. The highest BCUT2D eigenvalue weighted by atomic mass is 35.5. The van der Waals surface area contributed by atoms with Crippen molar-refractivity contribution in [2.75, 3.05) is 11.6 Å². The van der Waals surface area contributed by atoms with Gasteiger partial charge in [0, 0.05) is 5.88 Å². The van der Waals surface area contributed by atoms with Gasteiger partial charge in [0.15, 0.2) is 9.84 Å². The summed E-state index contributed by atoms with van der Waals surface area (Å²) in [5.41, 5.74) is 0. The lowest BCUT2D eigenvalue weighted by Gasteiger charge is -2.18.